The lowest BCUT2D eigenvalue weighted by atomic mass is 10.1. The minimum atomic E-state index is 0.353. The molecule has 0 radical (unpaired) electrons. The molecule has 0 saturated heterocycles. The molecule has 96 valence electrons. The fraction of sp³-hybridized carbons (Fsp3) is 0.643. The molecular weight excluding hydrogens is 210 g/mol. The van der Waals surface area contributed by atoms with E-state index >= 15 is 0 Å². The molecular formula is C14H25N3. The summed E-state index contributed by atoms with van der Waals surface area (Å²) in [6.45, 7) is 7.54. The van der Waals surface area contributed by atoms with Crippen molar-refractivity contribution in [3.63, 3.8) is 0 Å². The smallest absolute Gasteiger partial charge is 0.0271 e. The maximum atomic E-state index is 6.04. The molecule has 0 aromatic carbocycles. The predicted octanol–water partition coefficient (Wildman–Crippen LogP) is 2.42. The van der Waals surface area contributed by atoms with Gasteiger partial charge in [0, 0.05) is 25.0 Å². The Bertz CT molecular complexity index is 287. The summed E-state index contributed by atoms with van der Waals surface area (Å²) in [5.74, 6) is 0. The number of aromatic nitrogens is 1. The molecule has 0 amide bonds. The van der Waals surface area contributed by atoms with Crippen LogP contribution in [0.25, 0.3) is 0 Å². The molecule has 1 rings (SSSR count). The molecule has 0 spiro atoms. The summed E-state index contributed by atoms with van der Waals surface area (Å²) in [7, 11) is 0. The molecule has 1 heterocycles. The summed E-state index contributed by atoms with van der Waals surface area (Å²) < 4.78 is 0. The molecule has 0 aliphatic rings. The van der Waals surface area contributed by atoms with Crippen molar-refractivity contribution in [1.29, 1.82) is 0 Å². The predicted molar refractivity (Wildman–Crippen MR) is 72.7 cm³/mol. The van der Waals surface area contributed by atoms with Crippen LogP contribution in [0.15, 0.2) is 24.5 Å². The molecule has 3 nitrogen and oxygen atoms in total. The van der Waals surface area contributed by atoms with Crippen molar-refractivity contribution in [2.24, 2.45) is 5.73 Å². The van der Waals surface area contributed by atoms with Crippen LogP contribution >= 0.6 is 0 Å². The lowest BCUT2D eigenvalue weighted by Crippen LogP contribution is -2.30. The van der Waals surface area contributed by atoms with E-state index in [1.165, 1.54) is 12.0 Å². The maximum absolute atomic E-state index is 6.04. The van der Waals surface area contributed by atoms with Crippen molar-refractivity contribution in [1.82, 2.24) is 9.88 Å². The SMILES string of the molecule is CCCC(N)CCN(CC)Cc1ccncc1. The third-order valence-corrected chi connectivity index (χ3v) is 3.08. The number of pyridine rings is 1. The van der Waals surface area contributed by atoms with E-state index in [1.807, 2.05) is 12.4 Å². The zero-order valence-electron chi connectivity index (χ0n) is 11.1. The highest BCUT2D eigenvalue weighted by molar-refractivity contribution is 5.09. The molecule has 1 aromatic heterocycles. The fourth-order valence-electron chi connectivity index (χ4n) is 1.96. The third-order valence-electron chi connectivity index (χ3n) is 3.08. The number of nitrogens with two attached hydrogens (primary N) is 1. The molecule has 0 aliphatic heterocycles. The van der Waals surface area contributed by atoms with Crippen LogP contribution in [0, 0.1) is 0 Å². The van der Waals surface area contributed by atoms with Crippen molar-refractivity contribution in [2.45, 2.75) is 45.7 Å². The molecule has 0 fully saturated rings. The molecule has 0 bridgehead atoms. The summed E-state index contributed by atoms with van der Waals surface area (Å²) in [5, 5.41) is 0. The van der Waals surface area contributed by atoms with Gasteiger partial charge < -0.3 is 5.73 Å². The Kier molecular flexibility index (Phi) is 6.82. The average molecular weight is 235 g/mol. The van der Waals surface area contributed by atoms with Gasteiger partial charge in [-0.15, -0.1) is 0 Å². The summed E-state index contributed by atoms with van der Waals surface area (Å²) >= 11 is 0. The largest absolute Gasteiger partial charge is 0.328 e. The second-order valence-corrected chi connectivity index (χ2v) is 4.56. The molecule has 17 heavy (non-hydrogen) atoms. The highest BCUT2D eigenvalue weighted by Gasteiger charge is 2.06. The monoisotopic (exact) mass is 235 g/mol. The van der Waals surface area contributed by atoms with Gasteiger partial charge in [0.05, 0.1) is 0 Å². The van der Waals surface area contributed by atoms with Crippen molar-refractivity contribution >= 4 is 0 Å². The summed E-state index contributed by atoms with van der Waals surface area (Å²) in [5.41, 5.74) is 7.37. The highest BCUT2D eigenvalue weighted by Crippen LogP contribution is 2.06. The molecule has 1 aromatic rings. The van der Waals surface area contributed by atoms with Crippen molar-refractivity contribution in [2.75, 3.05) is 13.1 Å². The normalized spacial score (nSPS) is 12.9. The summed E-state index contributed by atoms with van der Waals surface area (Å²) in [4.78, 5) is 6.47. The Morgan fingerprint density at radius 1 is 1.24 bits per heavy atom. The fourth-order valence-corrected chi connectivity index (χ4v) is 1.96. The molecule has 0 aliphatic carbocycles. The summed E-state index contributed by atoms with van der Waals surface area (Å²) in [6.07, 6.45) is 7.11. The number of nitrogens with zero attached hydrogens (tertiary/aromatic N) is 2. The number of hydrogen-bond donors (Lipinski definition) is 1. The number of hydrogen-bond acceptors (Lipinski definition) is 3. The standard InChI is InChI=1S/C14H25N3/c1-3-5-14(15)8-11-17(4-2)12-13-6-9-16-10-7-13/h6-7,9-10,14H,3-5,8,11-12,15H2,1-2H3. The van der Waals surface area contributed by atoms with Gasteiger partial charge in [-0.25, -0.2) is 0 Å². The molecule has 1 atom stereocenters. The van der Waals surface area contributed by atoms with Gasteiger partial charge in [0.15, 0.2) is 0 Å². The lowest BCUT2D eigenvalue weighted by Gasteiger charge is -2.22. The van der Waals surface area contributed by atoms with E-state index in [9.17, 15) is 0 Å². The zero-order chi connectivity index (χ0) is 12.5. The Morgan fingerprint density at radius 3 is 2.53 bits per heavy atom. The topological polar surface area (TPSA) is 42.1 Å². The summed E-state index contributed by atoms with van der Waals surface area (Å²) in [6, 6.07) is 4.51. The van der Waals surface area contributed by atoms with Crippen LogP contribution in [0.1, 0.15) is 38.7 Å². The van der Waals surface area contributed by atoms with E-state index in [0.29, 0.717) is 6.04 Å². The van der Waals surface area contributed by atoms with Crippen molar-refractivity contribution in [3.05, 3.63) is 30.1 Å². The van der Waals surface area contributed by atoms with E-state index in [4.69, 9.17) is 5.73 Å². The van der Waals surface area contributed by atoms with Crippen LogP contribution in [0.5, 0.6) is 0 Å². The van der Waals surface area contributed by atoms with E-state index in [-0.39, 0.29) is 0 Å². The maximum Gasteiger partial charge on any atom is 0.0271 e. The second kappa shape index (κ2) is 8.20. The van der Waals surface area contributed by atoms with Crippen molar-refractivity contribution < 1.29 is 0 Å². The second-order valence-electron chi connectivity index (χ2n) is 4.56. The lowest BCUT2D eigenvalue weighted by molar-refractivity contribution is 0.266. The highest BCUT2D eigenvalue weighted by atomic mass is 15.1. The van der Waals surface area contributed by atoms with Crippen LogP contribution in [-0.2, 0) is 6.54 Å². The van der Waals surface area contributed by atoms with Crippen LogP contribution in [0.2, 0.25) is 0 Å². The third kappa shape index (κ3) is 5.80. The van der Waals surface area contributed by atoms with Crippen LogP contribution in [0.3, 0.4) is 0 Å². The van der Waals surface area contributed by atoms with Gasteiger partial charge in [0.25, 0.3) is 0 Å². The first-order chi connectivity index (χ1) is 8.26. The van der Waals surface area contributed by atoms with Gasteiger partial charge in [-0.1, -0.05) is 20.3 Å². The van der Waals surface area contributed by atoms with Gasteiger partial charge in [-0.05, 0) is 43.6 Å². The van der Waals surface area contributed by atoms with E-state index in [1.54, 1.807) is 0 Å². The van der Waals surface area contributed by atoms with E-state index in [2.05, 4.69) is 35.9 Å². The van der Waals surface area contributed by atoms with Crippen LogP contribution < -0.4 is 5.73 Å². The average Bonchev–Trinajstić information content (AvgIpc) is 2.36. The first-order valence-electron chi connectivity index (χ1n) is 6.63. The van der Waals surface area contributed by atoms with Gasteiger partial charge in [0.2, 0.25) is 0 Å². The minimum absolute atomic E-state index is 0.353. The molecule has 2 N–H and O–H groups in total. The number of rotatable bonds is 8. The Morgan fingerprint density at radius 2 is 1.94 bits per heavy atom. The first-order valence-corrected chi connectivity index (χ1v) is 6.63. The minimum Gasteiger partial charge on any atom is -0.328 e. The zero-order valence-corrected chi connectivity index (χ0v) is 11.1. The van der Waals surface area contributed by atoms with Gasteiger partial charge in [-0.2, -0.15) is 0 Å². The van der Waals surface area contributed by atoms with Gasteiger partial charge >= 0.3 is 0 Å². The Balaban J connectivity index is 2.34. The van der Waals surface area contributed by atoms with Crippen molar-refractivity contribution in [3.8, 4) is 0 Å². The van der Waals surface area contributed by atoms with E-state index < -0.39 is 0 Å². The molecule has 3 heteroatoms. The van der Waals surface area contributed by atoms with E-state index in [0.717, 1.165) is 32.5 Å². The van der Waals surface area contributed by atoms with Gasteiger partial charge in [-0.3, -0.25) is 9.88 Å². The Labute approximate surface area is 105 Å². The van der Waals surface area contributed by atoms with Crippen LogP contribution in [-0.4, -0.2) is 29.0 Å². The molecule has 1 unspecified atom stereocenters. The quantitative estimate of drug-likeness (QED) is 0.752. The first kappa shape index (κ1) is 14.1. The van der Waals surface area contributed by atoms with Gasteiger partial charge in [0.1, 0.15) is 0 Å². The molecule has 0 saturated carbocycles. The Hall–Kier alpha value is -0.930. The van der Waals surface area contributed by atoms with Crippen LogP contribution in [0.4, 0.5) is 0 Å².